The summed E-state index contributed by atoms with van der Waals surface area (Å²) < 4.78 is 0. The number of carbonyl (C=O) groups is 2. The van der Waals surface area contributed by atoms with Crippen molar-refractivity contribution in [2.24, 2.45) is 0 Å². The van der Waals surface area contributed by atoms with Crippen LogP contribution < -0.4 is 0 Å². The molecule has 1 N–H and O–H groups in total. The van der Waals surface area contributed by atoms with Crippen molar-refractivity contribution < 1.29 is 14.7 Å². The second-order valence-corrected chi connectivity index (χ2v) is 3.40. The number of rotatable bonds is 4. The number of allylic oxidation sites excluding steroid dienone is 1. The lowest BCUT2D eigenvalue weighted by Crippen LogP contribution is -1.98. The smallest absolute Gasteiger partial charge is 0.328 e. The Bertz CT molecular complexity index is 453. The molecule has 0 bridgehead atoms. The van der Waals surface area contributed by atoms with Crippen LogP contribution in [0.15, 0.2) is 42.5 Å². The highest BCUT2D eigenvalue weighted by Crippen LogP contribution is 2.09. The minimum Gasteiger partial charge on any atom is -0.478 e. The molecule has 0 fully saturated rings. The average molecular weight is 216 g/mol. The molecule has 1 rings (SSSR count). The first-order valence-corrected chi connectivity index (χ1v) is 4.72. The van der Waals surface area contributed by atoms with Crippen molar-refractivity contribution in [3.05, 3.63) is 53.6 Å². The van der Waals surface area contributed by atoms with Crippen molar-refractivity contribution in [2.75, 3.05) is 0 Å². The fraction of sp³-hybridized carbons (Fsp3) is 0.0769. The van der Waals surface area contributed by atoms with Crippen LogP contribution in [-0.4, -0.2) is 16.9 Å². The van der Waals surface area contributed by atoms with Gasteiger partial charge in [-0.25, -0.2) is 4.79 Å². The number of carboxylic acids is 1. The number of carbonyl (C=O) groups excluding carboxylic acids is 1. The van der Waals surface area contributed by atoms with E-state index in [1.807, 2.05) is 0 Å². The van der Waals surface area contributed by atoms with Crippen LogP contribution in [0.3, 0.4) is 0 Å². The lowest BCUT2D eigenvalue weighted by Gasteiger charge is -1.99. The van der Waals surface area contributed by atoms with E-state index in [0.717, 1.165) is 11.6 Å². The molecule has 1 aromatic carbocycles. The Labute approximate surface area is 93.7 Å². The van der Waals surface area contributed by atoms with E-state index in [0.29, 0.717) is 11.1 Å². The van der Waals surface area contributed by atoms with Crippen LogP contribution in [0.1, 0.15) is 22.8 Å². The molecule has 0 aliphatic heterocycles. The third kappa shape index (κ3) is 3.20. The first kappa shape index (κ1) is 11.9. The highest BCUT2D eigenvalue weighted by Gasteiger charge is 2.04. The van der Waals surface area contributed by atoms with Gasteiger partial charge in [0.2, 0.25) is 0 Å². The fourth-order valence-corrected chi connectivity index (χ4v) is 1.16. The van der Waals surface area contributed by atoms with Crippen LogP contribution in [0.2, 0.25) is 0 Å². The fourth-order valence-electron chi connectivity index (χ4n) is 1.16. The van der Waals surface area contributed by atoms with E-state index in [1.165, 1.54) is 6.08 Å². The molecule has 3 nitrogen and oxygen atoms in total. The summed E-state index contributed by atoms with van der Waals surface area (Å²) in [6.07, 6.45) is 2.52. The molecule has 0 saturated carbocycles. The average Bonchev–Trinajstić information content (AvgIpc) is 2.26. The third-order valence-electron chi connectivity index (χ3n) is 1.98. The molecule has 0 atom stereocenters. The van der Waals surface area contributed by atoms with Gasteiger partial charge in [-0.15, -0.1) is 0 Å². The maximum atomic E-state index is 11.5. The highest BCUT2D eigenvalue weighted by molar-refractivity contribution is 6.07. The number of benzene rings is 1. The molecule has 0 radical (unpaired) electrons. The van der Waals surface area contributed by atoms with Gasteiger partial charge in [-0.1, -0.05) is 30.8 Å². The molecular formula is C13H12O3. The number of carboxylic acid groups (broad SMARTS) is 1. The summed E-state index contributed by atoms with van der Waals surface area (Å²) in [7, 11) is 0. The molecule has 0 heterocycles. The van der Waals surface area contributed by atoms with Crippen molar-refractivity contribution in [1.82, 2.24) is 0 Å². The van der Waals surface area contributed by atoms with E-state index in [9.17, 15) is 9.59 Å². The zero-order valence-corrected chi connectivity index (χ0v) is 8.93. The number of Topliss-reactive ketones (excluding diaryl/α,β-unsaturated/α-hetero) is 1. The molecule has 82 valence electrons. The molecule has 0 aliphatic carbocycles. The van der Waals surface area contributed by atoms with Crippen LogP contribution in [-0.2, 0) is 4.79 Å². The quantitative estimate of drug-likeness (QED) is 0.621. The second kappa shape index (κ2) is 5.07. The Morgan fingerprint density at radius 3 is 2.25 bits per heavy atom. The van der Waals surface area contributed by atoms with Crippen molar-refractivity contribution >= 4 is 17.8 Å². The number of hydrogen-bond acceptors (Lipinski definition) is 2. The molecule has 0 amide bonds. The van der Waals surface area contributed by atoms with Gasteiger partial charge in [0.15, 0.2) is 5.78 Å². The Balaban J connectivity index is 2.87. The van der Waals surface area contributed by atoms with E-state index in [2.05, 4.69) is 6.58 Å². The van der Waals surface area contributed by atoms with Gasteiger partial charge in [-0.05, 0) is 24.1 Å². The minimum absolute atomic E-state index is 0.103. The van der Waals surface area contributed by atoms with Gasteiger partial charge in [0.25, 0.3) is 0 Å². The SMILES string of the molecule is C=C(C)C(=O)c1ccc(C=CC(=O)O)cc1. The molecule has 0 unspecified atom stereocenters. The third-order valence-corrected chi connectivity index (χ3v) is 1.98. The van der Waals surface area contributed by atoms with Crippen LogP contribution in [0.5, 0.6) is 0 Å². The predicted molar refractivity (Wildman–Crippen MR) is 62.3 cm³/mol. The van der Waals surface area contributed by atoms with E-state index < -0.39 is 5.97 Å². The normalized spacial score (nSPS) is 10.3. The zero-order chi connectivity index (χ0) is 12.1. The molecule has 16 heavy (non-hydrogen) atoms. The van der Waals surface area contributed by atoms with Gasteiger partial charge >= 0.3 is 5.97 Å². The summed E-state index contributed by atoms with van der Waals surface area (Å²) in [6, 6.07) is 6.68. The molecule has 0 spiro atoms. The zero-order valence-electron chi connectivity index (χ0n) is 8.93. The minimum atomic E-state index is -0.998. The van der Waals surface area contributed by atoms with Gasteiger partial charge in [-0.2, -0.15) is 0 Å². The van der Waals surface area contributed by atoms with Crippen molar-refractivity contribution in [2.45, 2.75) is 6.92 Å². The Hall–Kier alpha value is -2.16. The monoisotopic (exact) mass is 216 g/mol. The molecule has 0 aliphatic rings. The standard InChI is InChI=1S/C13H12O3/c1-9(2)13(16)11-6-3-10(4-7-11)5-8-12(14)15/h3-8H,1H2,2H3,(H,14,15). The Morgan fingerprint density at radius 1 is 1.25 bits per heavy atom. The van der Waals surface area contributed by atoms with Gasteiger partial charge in [-0.3, -0.25) is 4.79 Å². The summed E-state index contributed by atoms with van der Waals surface area (Å²) in [5.41, 5.74) is 1.77. The van der Waals surface area contributed by atoms with Crippen LogP contribution >= 0.6 is 0 Å². The van der Waals surface area contributed by atoms with Gasteiger partial charge in [0.05, 0.1) is 0 Å². The van der Waals surface area contributed by atoms with Crippen LogP contribution in [0.25, 0.3) is 6.08 Å². The van der Waals surface area contributed by atoms with Gasteiger partial charge in [0, 0.05) is 11.6 Å². The summed E-state index contributed by atoms with van der Waals surface area (Å²) in [5.74, 6) is -1.10. The largest absolute Gasteiger partial charge is 0.478 e. The summed E-state index contributed by atoms with van der Waals surface area (Å²) in [5, 5.41) is 8.44. The maximum Gasteiger partial charge on any atom is 0.328 e. The van der Waals surface area contributed by atoms with Crippen molar-refractivity contribution in [3.8, 4) is 0 Å². The first-order chi connectivity index (χ1) is 7.50. The van der Waals surface area contributed by atoms with Crippen LogP contribution in [0, 0.1) is 0 Å². The topological polar surface area (TPSA) is 54.4 Å². The van der Waals surface area contributed by atoms with E-state index in [1.54, 1.807) is 31.2 Å². The molecule has 0 saturated heterocycles. The van der Waals surface area contributed by atoms with Crippen molar-refractivity contribution in [1.29, 1.82) is 0 Å². The summed E-state index contributed by atoms with van der Waals surface area (Å²) in [4.78, 5) is 21.8. The van der Waals surface area contributed by atoms with E-state index >= 15 is 0 Å². The lowest BCUT2D eigenvalue weighted by atomic mass is 10.0. The van der Waals surface area contributed by atoms with Crippen LogP contribution in [0.4, 0.5) is 0 Å². The molecular weight excluding hydrogens is 204 g/mol. The molecule has 0 aromatic heterocycles. The number of ketones is 1. The molecule has 3 heteroatoms. The molecule has 1 aromatic rings. The number of hydrogen-bond donors (Lipinski definition) is 1. The summed E-state index contributed by atoms with van der Waals surface area (Å²) >= 11 is 0. The predicted octanol–water partition coefficient (Wildman–Crippen LogP) is 2.54. The first-order valence-electron chi connectivity index (χ1n) is 4.72. The second-order valence-electron chi connectivity index (χ2n) is 3.40. The van der Waals surface area contributed by atoms with E-state index in [4.69, 9.17) is 5.11 Å². The van der Waals surface area contributed by atoms with Gasteiger partial charge < -0.3 is 5.11 Å². The van der Waals surface area contributed by atoms with E-state index in [-0.39, 0.29) is 5.78 Å². The Morgan fingerprint density at radius 2 is 1.81 bits per heavy atom. The number of aliphatic carboxylic acids is 1. The maximum absolute atomic E-state index is 11.5. The highest BCUT2D eigenvalue weighted by atomic mass is 16.4. The van der Waals surface area contributed by atoms with Crippen molar-refractivity contribution in [3.63, 3.8) is 0 Å². The lowest BCUT2D eigenvalue weighted by molar-refractivity contribution is -0.131. The van der Waals surface area contributed by atoms with Gasteiger partial charge in [0.1, 0.15) is 0 Å². The Kier molecular flexibility index (Phi) is 3.78. The summed E-state index contributed by atoms with van der Waals surface area (Å²) in [6.45, 7) is 5.23.